The number of nitrogens with zero attached hydrogens (tertiary/aromatic N) is 1. The lowest BCUT2D eigenvalue weighted by atomic mass is 9.81. The fourth-order valence-corrected chi connectivity index (χ4v) is 2.96. The number of esters is 1. The molecule has 0 heterocycles. The number of carbonyl (C=O) groups excluding carboxylic acids is 2. The third-order valence-corrected chi connectivity index (χ3v) is 4.24. The van der Waals surface area contributed by atoms with Crippen molar-refractivity contribution in [1.29, 1.82) is 0 Å². The van der Waals surface area contributed by atoms with Crippen molar-refractivity contribution in [2.24, 2.45) is 0 Å². The summed E-state index contributed by atoms with van der Waals surface area (Å²) in [5.74, 6) is -0.339. The summed E-state index contributed by atoms with van der Waals surface area (Å²) in [7, 11) is 3.11. The van der Waals surface area contributed by atoms with Gasteiger partial charge in [-0.3, -0.25) is 0 Å². The van der Waals surface area contributed by atoms with E-state index in [0.717, 1.165) is 24.8 Å². The highest BCUT2D eigenvalue weighted by atomic mass is 16.5. The second kappa shape index (κ2) is 7.29. The highest BCUT2D eigenvalue weighted by Gasteiger charge is 2.42. The zero-order valence-electron chi connectivity index (χ0n) is 13.3. The van der Waals surface area contributed by atoms with Crippen LogP contribution >= 0.6 is 0 Å². The molecule has 0 atom stereocenters. The Morgan fingerprint density at radius 3 is 2.41 bits per heavy atom. The smallest absolute Gasteiger partial charge is 0.331 e. The number of nitrogens with one attached hydrogen (secondary N) is 1. The van der Waals surface area contributed by atoms with Crippen LogP contribution in [0.3, 0.4) is 0 Å². The van der Waals surface area contributed by atoms with Crippen molar-refractivity contribution < 1.29 is 14.3 Å². The number of rotatable bonds is 4. The van der Waals surface area contributed by atoms with E-state index >= 15 is 0 Å². The number of carbonyl (C=O) groups is 2. The summed E-state index contributed by atoms with van der Waals surface area (Å²) in [5, 5.41) is 2.92. The molecular formula is C17H24N2O3. The molecule has 22 heavy (non-hydrogen) atoms. The highest BCUT2D eigenvalue weighted by Crippen LogP contribution is 2.29. The number of amides is 2. The summed E-state index contributed by atoms with van der Waals surface area (Å²) in [6, 6.07) is 9.53. The number of hydrogen-bond acceptors (Lipinski definition) is 3. The number of methoxy groups -OCH3 is 1. The Morgan fingerprint density at radius 1 is 1.18 bits per heavy atom. The molecular weight excluding hydrogens is 280 g/mol. The summed E-state index contributed by atoms with van der Waals surface area (Å²) in [6.07, 6.45) is 4.24. The molecule has 0 aliphatic heterocycles. The molecule has 120 valence electrons. The van der Waals surface area contributed by atoms with Crippen molar-refractivity contribution in [2.45, 2.75) is 44.2 Å². The molecule has 1 aromatic rings. The maximum absolute atomic E-state index is 12.4. The van der Waals surface area contributed by atoms with Gasteiger partial charge in [0.2, 0.25) is 0 Å². The fourth-order valence-electron chi connectivity index (χ4n) is 2.96. The van der Waals surface area contributed by atoms with Crippen LogP contribution in [0.5, 0.6) is 0 Å². The van der Waals surface area contributed by atoms with Gasteiger partial charge in [-0.05, 0) is 18.4 Å². The van der Waals surface area contributed by atoms with Gasteiger partial charge >= 0.3 is 12.0 Å². The van der Waals surface area contributed by atoms with Gasteiger partial charge in [0.1, 0.15) is 5.54 Å². The lowest BCUT2D eigenvalue weighted by molar-refractivity contribution is -0.149. The van der Waals surface area contributed by atoms with E-state index in [1.807, 2.05) is 30.3 Å². The molecule has 2 amide bonds. The summed E-state index contributed by atoms with van der Waals surface area (Å²) < 4.78 is 4.92. The maximum atomic E-state index is 12.4. The van der Waals surface area contributed by atoms with Crippen LogP contribution in [0.25, 0.3) is 0 Å². The van der Waals surface area contributed by atoms with Crippen molar-refractivity contribution in [3.8, 4) is 0 Å². The van der Waals surface area contributed by atoms with Crippen LogP contribution in [-0.4, -0.2) is 36.6 Å². The number of urea groups is 1. The Morgan fingerprint density at radius 2 is 1.82 bits per heavy atom. The van der Waals surface area contributed by atoms with Crippen molar-refractivity contribution >= 4 is 12.0 Å². The number of ether oxygens (including phenoxy) is 1. The molecule has 5 heteroatoms. The molecule has 1 N–H and O–H groups in total. The van der Waals surface area contributed by atoms with Gasteiger partial charge in [0, 0.05) is 13.6 Å². The Kier molecular flexibility index (Phi) is 5.41. The number of benzene rings is 1. The Bertz CT molecular complexity index is 510. The van der Waals surface area contributed by atoms with E-state index in [0.29, 0.717) is 19.4 Å². The van der Waals surface area contributed by atoms with E-state index in [1.54, 1.807) is 11.9 Å². The summed E-state index contributed by atoms with van der Waals surface area (Å²) in [4.78, 5) is 26.2. The average molecular weight is 304 g/mol. The van der Waals surface area contributed by atoms with Crippen LogP contribution < -0.4 is 5.32 Å². The van der Waals surface area contributed by atoms with E-state index in [2.05, 4.69) is 5.32 Å². The average Bonchev–Trinajstić information content (AvgIpc) is 2.55. The van der Waals surface area contributed by atoms with Crippen LogP contribution in [0, 0.1) is 0 Å². The minimum Gasteiger partial charge on any atom is -0.467 e. The first kappa shape index (κ1) is 16.3. The summed E-state index contributed by atoms with van der Waals surface area (Å²) in [5.41, 5.74) is 0.186. The first-order chi connectivity index (χ1) is 10.6. The van der Waals surface area contributed by atoms with E-state index in [9.17, 15) is 9.59 Å². The van der Waals surface area contributed by atoms with Gasteiger partial charge in [0.15, 0.2) is 0 Å². The van der Waals surface area contributed by atoms with E-state index in [-0.39, 0.29) is 12.0 Å². The number of hydrogen-bond donors (Lipinski definition) is 1. The lowest BCUT2D eigenvalue weighted by Crippen LogP contribution is -2.58. The zero-order valence-corrected chi connectivity index (χ0v) is 13.3. The first-order valence-electron chi connectivity index (χ1n) is 7.73. The zero-order chi connectivity index (χ0) is 16.0. The standard InChI is InChI=1S/C17H24N2O3/c1-19(13-14-9-5-3-6-10-14)16(21)18-17(15(20)22-2)11-7-4-8-12-17/h3,5-6,9-10H,4,7-8,11-13H2,1-2H3,(H,18,21). The summed E-state index contributed by atoms with van der Waals surface area (Å²) >= 11 is 0. The molecule has 0 unspecified atom stereocenters. The van der Waals surface area contributed by atoms with Gasteiger partial charge in [0.05, 0.1) is 7.11 Å². The molecule has 1 aliphatic rings. The van der Waals surface area contributed by atoms with Crippen LogP contribution in [0.4, 0.5) is 4.79 Å². The molecule has 1 aliphatic carbocycles. The van der Waals surface area contributed by atoms with E-state index in [1.165, 1.54) is 7.11 Å². The van der Waals surface area contributed by atoms with Crippen molar-refractivity contribution in [3.05, 3.63) is 35.9 Å². The fraction of sp³-hybridized carbons (Fsp3) is 0.529. The van der Waals surface area contributed by atoms with Gasteiger partial charge in [-0.2, -0.15) is 0 Å². The second-order valence-electron chi connectivity index (χ2n) is 5.91. The van der Waals surface area contributed by atoms with Crippen molar-refractivity contribution in [1.82, 2.24) is 10.2 Å². The molecule has 1 saturated carbocycles. The van der Waals surface area contributed by atoms with E-state index in [4.69, 9.17) is 4.74 Å². The van der Waals surface area contributed by atoms with Gasteiger partial charge < -0.3 is 15.0 Å². The van der Waals surface area contributed by atoms with Gasteiger partial charge in [-0.1, -0.05) is 49.6 Å². The lowest BCUT2D eigenvalue weighted by Gasteiger charge is -2.36. The van der Waals surface area contributed by atoms with E-state index < -0.39 is 5.54 Å². The van der Waals surface area contributed by atoms with Crippen molar-refractivity contribution in [3.63, 3.8) is 0 Å². The molecule has 1 fully saturated rings. The molecule has 2 rings (SSSR count). The third kappa shape index (κ3) is 3.78. The van der Waals surface area contributed by atoms with Crippen molar-refractivity contribution in [2.75, 3.05) is 14.2 Å². The van der Waals surface area contributed by atoms with Gasteiger partial charge in [-0.25, -0.2) is 9.59 Å². The predicted molar refractivity (Wildman–Crippen MR) is 84.3 cm³/mol. The second-order valence-corrected chi connectivity index (χ2v) is 5.91. The Hall–Kier alpha value is -2.04. The molecule has 5 nitrogen and oxygen atoms in total. The molecule has 0 aromatic heterocycles. The van der Waals surface area contributed by atoms with Crippen LogP contribution in [0.15, 0.2) is 30.3 Å². The molecule has 0 spiro atoms. The van der Waals surface area contributed by atoms with Crippen LogP contribution in [0.2, 0.25) is 0 Å². The molecule has 0 radical (unpaired) electrons. The van der Waals surface area contributed by atoms with Gasteiger partial charge in [-0.15, -0.1) is 0 Å². The largest absolute Gasteiger partial charge is 0.467 e. The predicted octanol–water partition coefficient (Wildman–Crippen LogP) is 2.70. The SMILES string of the molecule is COC(=O)C1(NC(=O)N(C)Cc2ccccc2)CCCCC1. The van der Waals surface area contributed by atoms with Gasteiger partial charge in [0.25, 0.3) is 0 Å². The normalized spacial score (nSPS) is 16.6. The molecule has 1 aromatic carbocycles. The quantitative estimate of drug-likeness (QED) is 0.870. The monoisotopic (exact) mass is 304 g/mol. The highest BCUT2D eigenvalue weighted by molar-refractivity contribution is 5.87. The van der Waals surface area contributed by atoms with Crippen LogP contribution in [0.1, 0.15) is 37.7 Å². The molecule has 0 saturated heterocycles. The minimum atomic E-state index is -0.866. The Balaban J connectivity index is 2.02. The van der Waals surface area contributed by atoms with Crippen LogP contribution in [-0.2, 0) is 16.1 Å². The summed E-state index contributed by atoms with van der Waals surface area (Å²) in [6.45, 7) is 0.504. The first-order valence-corrected chi connectivity index (χ1v) is 7.73. The third-order valence-electron chi connectivity index (χ3n) is 4.24. The molecule has 0 bridgehead atoms. The topological polar surface area (TPSA) is 58.6 Å². The Labute approximate surface area is 131 Å². The maximum Gasteiger partial charge on any atom is 0.331 e. The minimum absolute atomic E-state index is 0.240.